The lowest BCUT2D eigenvalue weighted by Gasteiger charge is -2.20. The van der Waals surface area contributed by atoms with Crippen molar-refractivity contribution in [3.05, 3.63) is 23.4 Å². The molecule has 0 spiro atoms. The monoisotopic (exact) mass is 525 g/mol. The number of aliphatic imine (C=N–C) groups is 1. The van der Waals surface area contributed by atoms with Gasteiger partial charge in [0.2, 0.25) is 0 Å². The Hall–Kier alpha value is -0.840. The van der Waals surface area contributed by atoms with Crippen LogP contribution in [0.5, 0.6) is 0 Å². The second-order valence-electron chi connectivity index (χ2n) is 6.46. The van der Waals surface area contributed by atoms with Crippen LogP contribution in [-0.2, 0) is 9.47 Å². The topological polar surface area (TPSA) is 71.0 Å². The van der Waals surface area contributed by atoms with E-state index >= 15 is 0 Å². The maximum absolute atomic E-state index is 6.27. The van der Waals surface area contributed by atoms with Crippen LogP contribution in [0.25, 0.3) is 0 Å². The number of anilines is 1. The number of halogens is 2. The number of nitrogens with one attached hydrogen (secondary N) is 2. The molecule has 2 rings (SSSR count). The van der Waals surface area contributed by atoms with Crippen LogP contribution in [0.4, 0.5) is 5.82 Å². The Morgan fingerprint density at radius 1 is 1.36 bits per heavy atom. The fourth-order valence-electron chi connectivity index (χ4n) is 2.94. The first kappa shape index (κ1) is 25.2. The fraction of sp³-hybridized carbons (Fsp3) is 0.684. The first-order valence-corrected chi connectivity index (χ1v) is 10.1. The minimum absolute atomic E-state index is 0. The second kappa shape index (κ2) is 15.1. The third kappa shape index (κ3) is 9.11. The van der Waals surface area contributed by atoms with E-state index in [1.807, 2.05) is 12.1 Å². The molecule has 1 fully saturated rings. The number of ether oxygens (including phenoxy) is 2. The number of aromatic nitrogens is 1. The average Bonchev–Trinajstić information content (AvgIpc) is 3.12. The Morgan fingerprint density at radius 2 is 2.21 bits per heavy atom. The summed E-state index contributed by atoms with van der Waals surface area (Å²) in [6, 6.07) is 4.07. The van der Waals surface area contributed by atoms with Crippen molar-refractivity contribution in [1.29, 1.82) is 0 Å². The van der Waals surface area contributed by atoms with E-state index in [-0.39, 0.29) is 24.0 Å². The standard InChI is InChI=1S/C19H32ClN5O2.HI/c1-3-21-19(23-9-4-5-12-27-14-13-26-2)24-16-8-11-25(15-16)18-17(20)7-6-10-22-18;/h6-7,10,16H,3-5,8-9,11-15H2,1-2H3,(H2,21,23,24);1H. The van der Waals surface area contributed by atoms with Gasteiger partial charge < -0.3 is 25.0 Å². The molecule has 1 unspecified atom stereocenters. The zero-order valence-corrected chi connectivity index (χ0v) is 19.9. The van der Waals surface area contributed by atoms with Crippen LogP contribution in [0.3, 0.4) is 0 Å². The molecule has 1 aromatic heterocycles. The molecule has 28 heavy (non-hydrogen) atoms. The summed E-state index contributed by atoms with van der Waals surface area (Å²) >= 11 is 6.27. The van der Waals surface area contributed by atoms with E-state index < -0.39 is 0 Å². The number of methoxy groups -OCH3 is 1. The lowest BCUT2D eigenvalue weighted by Crippen LogP contribution is -2.44. The van der Waals surface area contributed by atoms with Crippen LogP contribution >= 0.6 is 35.6 Å². The number of pyridine rings is 1. The third-order valence-corrected chi connectivity index (χ3v) is 4.61. The molecule has 0 aromatic carbocycles. The molecule has 9 heteroatoms. The predicted octanol–water partition coefficient (Wildman–Crippen LogP) is 2.93. The van der Waals surface area contributed by atoms with Gasteiger partial charge in [-0.3, -0.25) is 4.99 Å². The summed E-state index contributed by atoms with van der Waals surface area (Å²) in [5.74, 6) is 1.73. The van der Waals surface area contributed by atoms with Gasteiger partial charge in [-0.1, -0.05) is 11.6 Å². The van der Waals surface area contributed by atoms with Crippen molar-refractivity contribution < 1.29 is 9.47 Å². The van der Waals surface area contributed by atoms with Crippen molar-refractivity contribution in [2.45, 2.75) is 32.2 Å². The Kier molecular flexibility index (Phi) is 13.6. The molecule has 0 amide bonds. The van der Waals surface area contributed by atoms with E-state index in [0.717, 1.165) is 63.8 Å². The molecule has 0 bridgehead atoms. The molecule has 0 saturated carbocycles. The summed E-state index contributed by atoms with van der Waals surface area (Å²) in [6.45, 7) is 7.57. The summed E-state index contributed by atoms with van der Waals surface area (Å²) < 4.78 is 10.4. The molecule has 1 atom stereocenters. The van der Waals surface area contributed by atoms with Gasteiger partial charge in [0.1, 0.15) is 5.82 Å². The minimum atomic E-state index is 0. The molecule has 1 saturated heterocycles. The highest BCUT2D eigenvalue weighted by atomic mass is 127. The second-order valence-corrected chi connectivity index (χ2v) is 6.86. The van der Waals surface area contributed by atoms with Gasteiger partial charge in [0.05, 0.1) is 18.2 Å². The van der Waals surface area contributed by atoms with E-state index in [2.05, 4.69) is 32.4 Å². The zero-order chi connectivity index (χ0) is 19.3. The number of nitrogens with zero attached hydrogens (tertiary/aromatic N) is 3. The van der Waals surface area contributed by atoms with Gasteiger partial charge in [0.15, 0.2) is 5.96 Å². The molecule has 2 heterocycles. The summed E-state index contributed by atoms with van der Waals surface area (Å²) in [5, 5.41) is 7.56. The van der Waals surface area contributed by atoms with E-state index in [0.29, 0.717) is 24.3 Å². The number of guanidine groups is 1. The number of hydrogen-bond donors (Lipinski definition) is 2. The van der Waals surface area contributed by atoms with Crippen LogP contribution < -0.4 is 15.5 Å². The van der Waals surface area contributed by atoms with Gasteiger partial charge in [-0.2, -0.15) is 0 Å². The van der Waals surface area contributed by atoms with Crippen LogP contribution in [0, 0.1) is 0 Å². The van der Waals surface area contributed by atoms with Gasteiger partial charge in [-0.25, -0.2) is 4.98 Å². The predicted molar refractivity (Wildman–Crippen MR) is 126 cm³/mol. The lowest BCUT2D eigenvalue weighted by atomic mass is 10.3. The fourth-order valence-corrected chi connectivity index (χ4v) is 3.19. The maximum Gasteiger partial charge on any atom is 0.191 e. The van der Waals surface area contributed by atoms with Gasteiger partial charge >= 0.3 is 0 Å². The van der Waals surface area contributed by atoms with Gasteiger partial charge in [0.25, 0.3) is 0 Å². The summed E-state index contributed by atoms with van der Waals surface area (Å²) in [4.78, 5) is 11.3. The third-order valence-electron chi connectivity index (χ3n) is 4.31. The Balaban J connectivity index is 0.00000392. The zero-order valence-electron chi connectivity index (χ0n) is 16.8. The van der Waals surface area contributed by atoms with Gasteiger partial charge in [0, 0.05) is 52.1 Å². The quantitative estimate of drug-likeness (QED) is 0.200. The average molecular weight is 526 g/mol. The Morgan fingerprint density at radius 3 is 2.96 bits per heavy atom. The van der Waals surface area contributed by atoms with E-state index in [9.17, 15) is 0 Å². The molecule has 160 valence electrons. The first-order chi connectivity index (χ1) is 13.2. The number of hydrogen-bond acceptors (Lipinski definition) is 5. The SMILES string of the molecule is CCNC(=NCCCCOCCOC)NC1CCN(c2ncccc2Cl)C1.I. The lowest BCUT2D eigenvalue weighted by molar-refractivity contribution is 0.0690. The van der Waals surface area contributed by atoms with Crippen molar-refractivity contribution >= 4 is 47.4 Å². The molecule has 7 nitrogen and oxygen atoms in total. The van der Waals surface area contributed by atoms with Crippen LogP contribution in [0.15, 0.2) is 23.3 Å². The van der Waals surface area contributed by atoms with E-state index in [1.165, 1.54) is 0 Å². The Bertz CT molecular complexity index is 579. The molecule has 1 aliphatic heterocycles. The molecular formula is C19H33ClIN5O2. The van der Waals surface area contributed by atoms with E-state index in [4.69, 9.17) is 21.1 Å². The van der Waals surface area contributed by atoms with Crippen molar-refractivity contribution in [2.75, 3.05) is 58.0 Å². The molecule has 1 aromatic rings. The van der Waals surface area contributed by atoms with Crippen molar-refractivity contribution in [3.63, 3.8) is 0 Å². The first-order valence-electron chi connectivity index (χ1n) is 9.71. The van der Waals surface area contributed by atoms with Crippen molar-refractivity contribution in [2.24, 2.45) is 4.99 Å². The van der Waals surface area contributed by atoms with E-state index in [1.54, 1.807) is 13.3 Å². The Labute approximate surface area is 190 Å². The normalized spacial score (nSPS) is 16.8. The highest BCUT2D eigenvalue weighted by Gasteiger charge is 2.25. The molecule has 0 radical (unpaired) electrons. The van der Waals surface area contributed by atoms with Crippen molar-refractivity contribution in [1.82, 2.24) is 15.6 Å². The highest BCUT2D eigenvalue weighted by molar-refractivity contribution is 14.0. The van der Waals surface area contributed by atoms with Gasteiger partial charge in [-0.05, 0) is 38.3 Å². The summed E-state index contributed by atoms with van der Waals surface area (Å²) in [7, 11) is 1.68. The largest absolute Gasteiger partial charge is 0.382 e. The maximum atomic E-state index is 6.27. The summed E-state index contributed by atoms with van der Waals surface area (Å²) in [6.07, 6.45) is 4.82. The van der Waals surface area contributed by atoms with Crippen LogP contribution in [-0.4, -0.2) is 70.1 Å². The smallest absolute Gasteiger partial charge is 0.191 e. The number of rotatable bonds is 11. The van der Waals surface area contributed by atoms with Crippen LogP contribution in [0.2, 0.25) is 5.02 Å². The summed E-state index contributed by atoms with van der Waals surface area (Å²) in [5.41, 5.74) is 0. The van der Waals surface area contributed by atoms with Gasteiger partial charge in [-0.15, -0.1) is 24.0 Å². The van der Waals surface area contributed by atoms with Crippen LogP contribution in [0.1, 0.15) is 26.2 Å². The number of unbranched alkanes of at least 4 members (excludes halogenated alkanes) is 1. The molecule has 0 aliphatic carbocycles. The van der Waals surface area contributed by atoms with Crippen molar-refractivity contribution in [3.8, 4) is 0 Å². The molecular weight excluding hydrogens is 493 g/mol. The molecule has 1 aliphatic rings. The highest BCUT2D eigenvalue weighted by Crippen LogP contribution is 2.25. The molecule has 2 N–H and O–H groups in total. The minimum Gasteiger partial charge on any atom is -0.382 e.